The molecule has 2 heterocycles. The minimum atomic E-state index is -1.05. The van der Waals surface area contributed by atoms with Crippen LogP contribution in [0.15, 0.2) is 29.4 Å². The van der Waals surface area contributed by atoms with Gasteiger partial charge in [0.2, 0.25) is 0 Å². The van der Waals surface area contributed by atoms with E-state index >= 15 is 0 Å². The zero-order valence-electron chi connectivity index (χ0n) is 12.8. The van der Waals surface area contributed by atoms with Crippen molar-refractivity contribution in [3.63, 3.8) is 0 Å². The molecule has 0 aromatic carbocycles. The number of nitrogens with zero attached hydrogens (tertiary/aromatic N) is 2. The monoisotopic (exact) mass is 307 g/mol. The maximum atomic E-state index is 10.9. The van der Waals surface area contributed by atoms with Gasteiger partial charge < -0.3 is 14.8 Å². The van der Waals surface area contributed by atoms with Crippen LogP contribution in [-0.4, -0.2) is 26.3 Å². The lowest BCUT2D eigenvalue weighted by atomic mass is 10.1. The molecule has 0 aliphatic rings. The number of carboxylic acid groups (broad SMARTS) is 1. The molecule has 0 unspecified atom stereocenters. The summed E-state index contributed by atoms with van der Waals surface area (Å²) in [4.78, 5) is 16.5. The van der Waals surface area contributed by atoms with Gasteiger partial charge in [-0.05, 0) is 31.9 Å². The van der Waals surface area contributed by atoms with Crippen molar-refractivity contribution >= 4 is 23.4 Å². The van der Waals surface area contributed by atoms with Gasteiger partial charge in [-0.15, -0.1) is 11.8 Å². The van der Waals surface area contributed by atoms with Crippen LogP contribution in [-0.2, 0) is 5.54 Å². The third-order valence-electron chi connectivity index (χ3n) is 3.08. The number of imidazole rings is 1. The van der Waals surface area contributed by atoms with E-state index in [1.165, 1.54) is 0 Å². The van der Waals surface area contributed by atoms with Crippen molar-refractivity contribution in [2.24, 2.45) is 5.92 Å². The maximum absolute atomic E-state index is 10.9. The number of hydrogen-bond acceptors (Lipinski definition) is 3. The third-order valence-corrected chi connectivity index (χ3v) is 4.57. The Balaban J connectivity index is 2.40. The molecule has 114 valence electrons. The molecule has 0 saturated heterocycles. The van der Waals surface area contributed by atoms with Crippen LogP contribution in [0.3, 0.4) is 0 Å². The van der Waals surface area contributed by atoms with Crippen molar-refractivity contribution in [1.82, 2.24) is 14.7 Å². The van der Waals surface area contributed by atoms with E-state index in [-0.39, 0.29) is 0 Å². The van der Waals surface area contributed by atoms with E-state index in [2.05, 4.69) is 30.2 Å². The lowest BCUT2D eigenvalue weighted by Crippen LogP contribution is -2.41. The van der Waals surface area contributed by atoms with Gasteiger partial charge in [0, 0.05) is 16.8 Å². The van der Waals surface area contributed by atoms with Gasteiger partial charge in [-0.1, -0.05) is 13.8 Å². The number of pyridine rings is 1. The Morgan fingerprint density at radius 3 is 2.86 bits per heavy atom. The van der Waals surface area contributed by atoms with E-state index in [0.29, 0.717) is 11.7 Å². The highest BCUT2D eigenvalue weighted by Gasteiger charge is 2.27. The molecule has 2 aromatic heterocycles. The Hall–Kier alpha value is -1.69. The van der Waals surface area contributed by atoms with E-state index in [9.17, 15) is 4.79 Å². The molecule has 2 N–H and O–H groups in total. The molecule has 0 fully saturated rings. The number of rotatable bonds is 5. The van der Waals surface area contributed by atoms with Crippen LogP contribution in [0, 0.1) is 5.92 Å². The average molecular weight is 307 g/mol. The molecule has 5 nitrogen and oxygen atoms in total. The Bertz CT molecular complexity index is 649. The molecule has 0 aliphatic heterocycles. The summed E-state index contributed by atoms with van der Waals surface area (Å²) < 4.78 is 1.96. The first-order valence-electron chi connectivity index (χ1n) is 6.91. The summed E-state index contributed by atoms with van der Waals surface area (Å²) in [5.41, 5.74) is 0.262. The van der Waals surface area contributed by atoms with E-state index in [1.54, 1.807) is 11.8 Å². The third kappa shape index (κ3) is 3.50. The van der Waals surface area contributed by atoms with E-state index in [0.717, 1.165) is 16.2 Å². The second-order valence-electron chi connectivity index (χ2n) is 5.97. The van der Waals surface area contributed by atoms with Crippen LogP contribution in [0.25, 0.3) is 5.52 Å². The van der Waals surface area contributed by atoms with Gasteiger partial charge in [0.25, 0.3) is 0 Å². The molecule has 0 atom stereocenters. The highest BCUT2D eigenvalue weighted by Crippen LogP contribution is 2.28. The Morgan fingerprint density at radius 2 is 2.24 bits per heavy atom. The summed E-state index contributed by atoms with van der Waals surface area (Å²) in [6.45, 7) is 8.00. The number of amides is 1. The molecule has 0 radical (unpaired) electrons. The van der Waals surface area contributed by atoms with Crippen LogP contribution < -0.4 is 5.32 Å². The molecular formula is C15H21N3O2S. The lowest BCUT2D eigenvalue weighted by molar-refractivity contribution is 0.181. The van der Waals surface area contributed by atoms with Crippen LogP contribution in [0.2, 0.25) is 0 Å². The number of carbonyl (C=O) groups is 1. The van der Waals surface area contributed by atoms with Crippen LogP contribution in [0.5, 0.6) is 0 Å². The average Bonchev–Trinajstić information content (AvgIpc) is 2.79. The molecule has 6 heteroatoms. The Labute approximate surface area is 128 Å². The largest absolute Gasteiger partial charge is 0.465 e. The topological polar surface area (TPSA) is 66.6 Å². The van der Waals surface area contributed by atoms with Crippen LogP contribution in [0.4, 0.5) is 4.79 Å². The van der Waals surface area contributed by atoms with E-state index in [1.807, 2.05) is 36.7 Å². The first-order chi connectivity index (χ1) is 9.81. The summed E-state index contributed by atoms with van der Waals surface area (Å²) >= 11 is 1.80. The first-order valence-corrected chi connectivity index (χ1v) is 7.90. The van der Waals surface area contributed by atoms with Crippen LogP contribution >= 0.6 is 11.8 Å². The summed E-state index contributed by atoms with van der Waals surface area (Å²) in [6, 6.07) is 4.04. The summed E-state index contributed by atoms with van der Waals surface area (Å²) in [6.07, 6.45) is 2.67. The second-order valence-corrected chi connectivity index (χ2v) is 7.03. The van der Waals surface area contributed by atoms with E-state index in [4.69, 9.17) is 5.11 Å². The SMILES string of the molecule is CC(C)CSc1cccn2c(C(C)(C)NC(=O)O)ncc12. The molecule has 21 heavy (non-hydrogen) atoms. The van der Waals surface area contributed by atoms with Gasteiger partial charge in [-0.25, -0.2) is 9.78 Å². The highest BCUT2D eigenvalue weighted by atomic mass is 32.2. The molecule has 1 amide bonds. The van der Waals surface area contributed by atoms with Crippen molar-refractivity contribution in [3.05, 3.63) is 30.4 Å². The van der Waals surface area contributed by atoms with Gasteiger partial charge >= 0.3 is 6.09 Å². The smallest absolute Gasteiger partial charge is 0.405 e. The molecule has 0 saturated carbocycles. The number of hydrogen-bond donors (Lipinski definition) is 2. The number of fused-ring (bicyclic) bond motifs is 1. The zero-order chi connectivity index (χ0) is 15.6. The maximum Gasteiger partial charge on any atom is 0.405 e. The number of nitrogens with one attached hydrogen (secondary N) is 1. The predicted octanol–water partition coefficient (Wildman–Crippen LogP) is 3.59. The minimum absolute atomic E-state index is 0.614. The number of aromatic nitrogens is 2. The predicted molar refractivity (Wildman–Crippen MR) is 84.9 cm³/mol. The standard InChI is InChI=1S/C15H21N3O2S/c1-10(2)9-21-12-6-5-7-18-11(12)8-16-13(18)15(3,4)17-14(19)20/h5-8,10,17H,9H2,1-4H3,(H,19,20). The van der Waals surface area contributed by atoms with E-state index < -0.39 is 11.6 Å². The van der Waals surface area contributed by atoms with Gasteiger partial charge in [0.15, 0.2) is 0 Å². The second kappa shape index (κ2) is 5.97. The molecule has 0 aliphatic carbocycles. The fraction of sp³-hybridized carbons (Fsp3) is 0.467. The van der Waals surface area contributed by atoms with Gasteiger partial charge in [-0.2, -0.15) is 0 Å². The fourth-order valence-corrected chi connectivity index (χ4v) is 3.15. The highest BCUT2D eigenvalue weighted by molar-refractivity contribution is 7.99. The van der Waals surface area contributed by atoms with Crippen molar-refractivity contribution in [1.29, 1.82) is 0 Å². The summed E-state index contributed by atoms with van der Waals surface area (Å²) in [5, 5.41) is 11.5. The number of thioether (sulfide) groups is 1. The summed E-state index contributed by atoms with van der Waals surface area (Å²) in [5.74, 6) is 2.34. The Kier molecular flexibility index (Phi) is 4.46. The van der Waals surface area contributed by atoms with Gasteiger partial charge in [0.1, 0.15) is 5.82 Å². The quantitative estimate of drug-likeness (QED) is 0.829. The normalized spacial score (nSPS) is 12.0. The van der Waals surface area contributed by atoms with Crippen LogP contribution in [0.1, 0.15) is 33.5 Å². The molecule has 2 aromatic rings. The van der Waals surface area contributed by atoms with Crippen molar-refractivity contribution in [2.75, 3.05) is 5.75 Å². The lowest BCUT2D eigenvalue weighted by Gasteiger charge is -2.23. The minimum Gasteiger partial charge on any atom is -0.465 e. The first kappa shape index (κ1) is 15.7. The molecule has 0 spiro atoms. The van der Waals surface area contributed by atoms with Crippen molar-refractivity contribution in [2.45, 2.75) is 38.1 Å². The Morgan fingerprint density at radius 1 is 1.52 bits per heavy atom. The summed E-state index contributed by atoms with van der Waals surface area (Å²) in [7, 11) is 0. The van der Waals surface area contributed by atoms with Crippen molar-refractivity contribution < 1.29 is 9.90 Å². The van der Waals surface area contributed by atoms with Crippen molar-refractivity contribution in [3.8, 4) is 0 Å². The molecular weight excluding hydrogens is 286 g/mol. The molecule has 2 rings (SSSR count). The fourth-order valence-electron chi connectivity index (χ4n) is 2.16. The molecule has 0 bridgehead atoms. The zero-order valence-corrected chi connectivity index (χ0v) is 13.6. The van der Waals surface area contributed by atoms with Gasteiger partial charge in [0.05, 0.1) is 17.3 Å². The van der Waals surface area contributed by atoms with Gasteiger partial charge in [-0.3, -0.25) is 0 Å².